The monoisotopic (exact) mass is 422 g/mol. The lowest BCUT2D eigenvalue weighted by Crippen LogP contribution is -2.36. The molecule has 0 radical (unpaired) electrons. The predicted octanol–water partition coefficient (Wildman–Crippen LogP) is 4.35. The summed E-state index contributed by atoms with van der Waals surface area (Å²) in [6, 6.07) is 11.6. The van der Waals surface area contributed by atoms with E-state index in [9.17, 15) is 9.18 Å². The number of carbonyl (C=O) groups excluding carboxylic acids is 1. The van der Waals surface area contributed by atoms with Gasteiger partial charge in [0.25, 0.3) is 0 Å². The highest BCUT2D eigenvalue weighted by Gasteiger charge is 2.27. The van der Waals surface area contributed by atoms with Crippen molar-refractivity contribution in [2.75, 3.05) is 26.3 Å². The number of halogens is 1. The number of piperidine rings is 1. The molecule has 1 fully saturated rings. The van der Waals surface area contributed by atoms with E-state index in [4.69, 9.17) is 13.9 Å². The first-order chi connectivity index (χ1) is 15.2. The molecular weight excluding hydrogens is 399 g/mol. The minimum absolute atomic E-state index is 0.00172. The zero-order chi connectivity index (χ0) is 21.2. The number of benzene rings is 2. The smallest absolute Gasteiger partial charge is 0.209 e. The molecule has 6 nitrogen and oxygen atoms in total. The number of likely N-dealkylation sites (tertiary alicyclic amines) is 1. The predicted molar refractivity (Wildman–Crippen MR) is 112 cm³/mol. The van der Waals surface area contributed by atoms with Gasteiger partial charge < -0.3 is 13.9 Å². The van der Waals surface area contributed by atoms with Crippen molar-refractivity contribution in [2.45, 2.75) is 19.4 Å². The van der Waals surface area contributed by atoms with Gasteiger partial charge in [0.2, 0.25) is 5.89 Å². The summed E-state index contributed by atoms with van der Waals surface area (Å²) in [6.07, 6.45) is 3.25. The number of rotatable bonds is 5. The van der Waals surface area contributed by atoms with Crippen LogP contribution in [0.15, 0.2) is 53.1 Å². The molecule has 0 aliphatic carbocycles. The first kappa shape index (κ1) is 19.8. The number of nitrogens with zero attached hydrogens (tertiary/aromatic N) is 2. The molecule has 5 rings (SSSR count). The van der Waals surface area contributed by atoms with Gasteiger partial charge in [0.15, 0.2) is 23.0 Å². The van der Waals surface area contributed by atoms with Crippen LogP contribution in [-0.2, 0) is 6.54 Å². The summed E-state index contributed by atoms with van der Waals surface area (Å²) in [5.74, 6) is 2.47. The van der Waals surface area contributed by atoms with E-state index in [-0.39, 0.29) is 17.5 Å². The zero-order valence-electron chi connectivity index (χ0n) is 17.1. The summed E-state index contributed by atoms with van der Waals surface area (Å²) >= 11 is 0. The van der Waals surface area contributed by atoms with Crippen LogP contribution in [-0.4, -0.2) is 42.0 Å². The van der Waals surface area contributed by atoms with E-state index < -0.39 is 0 Å². The number of aromatic nitrogens is 1. The average molecular weight is 422 g/mol. The number of hydrogen-bond donors (Lipinski definition) is 0. The summed E-state index contributed by atoms with van der Waals surface area (Å²) in [4.78, 5) is 19.6. The van der Waals surface area contributed by atoms with Gasteiger partial charge in [-0.2, -0.15) is 0 Å². The fraction of sp³-hybridized carbons (Fsp3) is 0.333. The maximum atomic E-state index is 13.1. The number of oxazole rings is 1. The maximum Gasteiger partial charge on any atom is 0.209 e. The highest BCUT2D eigenvalue weighted by atomic mass is 19.1. The van der Waals surface area contributed by atoms with Crippen LogP contribution >= 0.6 is 0 Å². The van der Waals surface area contributed by atoms with Crippen molar-refractivity contribution in [3.05, 3.63) is 65.9 Å². The molecule has 31 heavy (non-hydrogen) atoms. The van der Waals surface area contributed by atoms with Crippen molar-refractivity contribution in [1.29, 1.82) is 0 Å². The van der Waals surface area contributed by atoms with Gasteiger partial charge >= 0.3 is 0 Å². The molecule has 0 spiro atoms. The van der Waals surface area contributed by atoms with Crippen molar-refractivity contribution in [3.8, 4) is 22.8 Å². The van der Waals surface area contributed by atoms with E-state index in [1.54, 1.807) is 24.4 Å². The second kappa shape index (κ2) is 8.51. The molecule has 7 heteroatoms. The summed E-state index contributed by atoms with van der Waals surface area (Å²) in [7, 11) is 0. The van der Waals surface area contributed by atoms with Gasteiger partial charge in [-0.25, -0.2) is 9.37 Å². The lowest BCUT2D eigenvalue weighted by Gasteiger charge is -2.30. The highest BCUT2D eigenvalue weighted by Crippen LogP contribution is 2.33. The van der Waals surface area contributed by atoms with Crippen LogP contribution in [0.4, 0.5) is 4.39 Å². The van der Waals surface area contributed by atoms with Gasteiger partial charge in [-0.05, 0) is 68.4 Å². The Morgan fingerprint density at radius 2 is 1.77 bits per heavy atom. The lowest BCUT2D eigenvalue weighted by molar-refractivity contribution is 0.0826. The minimum Gasteiger partial charge on any atom is -0.486 e. The largest absolute Gasteiger partial charge is 0.486 e. The fourth-order valence-electron chi connectivity index (χ4n) is 4.11. The van der Waals surface area contributed by atoms with Gasteiger partial charge in [-0.15, -0.1) is 0 Å². The van der Waals surface area contributed by atoms with Crippen molar-refractivity contribution >= 4 is 5.78 Å². The van der Waals surface area contributed by atoms with Crippen LogP contribution in [0.2, 0.25) is 0 Å². The molecular formula is C24H23FN2O4. The first-order valence-electron chi connectivity index (χ1n) is 10.5. The van der Waals surface area contributed by atoms with Gasteiger partial charge in [0.1, 0.15) is 19.0 Å². The number of ketones is 1. The number of carbonyl (C=O) groups is 1. The molecule has 0 bridgehead atoms. The van der Waals surface area contributed by atoms with Crippen LogP contribution in [0.25, 0.3) is 11.3 Å². The normalized spacial score (nSPS) is 16.9. The molecule has 0 saturated carbocycles. The molecule has 1 aromatic heterocycles. The molecule has 0 amide bonds. The van der Waals surface area contributed by atoms with Crippen molar-refractivity contribution in [2.24, 2.45) is 5.92 Å². The number of fused-ring (bicyclic) bond motifs is 1. The van der Waals surface area contributed by atoms with Crippen LogP contribution < -0.4 is 9.47 Å². The Hall–Kier alpha value is -3.19. The van der Waals surface area contributed by atoms with E-state index in [1.165, 1.54) is 12.1 Å². The lowest BCUT2D eigenvalue weighted by atomic mass is 9.88. The SMILES string of the molecule is O=C(c1ccc2c(c1)OCCO2)C1CCN(Cc2ncc(-c3ccc(F)cc3)o2)CC1. The van der Waals surface area contributed by atoms with Crippen LogP contribution in [0.5, 0.6) is 11.5 Å². The molecule has 3 heterocycles. The number of hydrogen-bond acceptors (Lipinski definition) is 6. The molecule has 0 atom stereocenters. The second-order valence-corrected chi connectivity index (χ2v) is 7.90. The standard InChI is InChI=1S/C24H23FN2O4/c25-19-4-1-16(2-5-19)22-14-26-23(31-22)15-27-9-7-17(8-10-27)24(28)18-3-6-20-21(13-18)30-12-11-29-20/h1-6,13-14,17H,7-12,15H2. The Bertz CT molecular complexity index is 1070. The molecule has 0 unspecified atom stereocenters. The number of ether oxygens (including phenoxy) is 2. The quantitative estimate of drug-likeness (QED) is 0.570. The first-order valence-corrected chi connectivity index (χ1v) is 10.5. The van der Waals surface area contributed by atoms with Gasteiger partial charge in [0, 0.05) is 17.0 Å². The fourth-order valence-corrected chi connectivity index (χ4v) is 4.11. The van der Waals surface area contributed by atoms with E-state index >= 15 is 0 Å². The van der Waals surface area contributed by atoms with Crippen LogP contribution in [0.3, 0.4) is 0 Å². The Balaban J connectivity index is 1.17. The number of Topliss-reactive ketones (excluding diaryl/α,β-unsaturated/α-hetero) is 1. The van der Waals surface area contributed by atoms with Crippen molar-refractivity contribution < 1.29 is 23.1 Å². The van der Waals surface area contributed by atoms with Crippen LogP contribution in [0.1, 0.15) is 29.1 Å². The average Bonchev–Trinajstić information content (AvgIpc) is 3.27. The maximum absolute atomic E-state index is 13.1. The minimum atomic E-state index is -0.280. The summed E-state index contributed by atoms with van der Waals surface area (Å²) in [5, 5.41) is 0. The Labute approximate surface area is 179 Å². The van der Waals surface area contributed by atoms with E-state index in [0.29, 0.717) is 48.5 Å². The van der Waals surface area contributed by atoms with Gasteiger partial charge in [-0.1, -0.05) is 0 Å². The molecule has 1 saturated heterocycles. The Kier molecular flexibility index (Phi) is 5.42. The molecule has 2 aliphatic rings. The topological polar surface area (TPSA) is 64.8 Å². The molecule has 2 aromatic carbocycles. The Morgan fingerprint density at radius 1 is 1.03 bits per heavy atom. The zero-order valence-corrected chi connectivity index (χ0v) is 17.1. The molecule has 0 N–H and O–H groups in total. The van der Waals surface area contributed by atoms with Crippen molar-refractivity contribution in [1.82, 2.24) is 9.88 Å². The molecule has 160 valence electrons. The highest BCUT2D eigenvalue weighted by molar-refractivity contribution is 5.98. The molecule has 2 aliphatic heterocycles. The second-order valence-electron chi connectivity index (χ2n) is 7.90. The van der Waals surface area contributed by atoms with Gasteiger partial charge in [0.05, 0.1) is 12.7 Å². The Morgan fingerprint density at radius 3 is 2.55 bits per heavy atom. The van der Waals surface area contributed by atoms with E-state index in [1.807, 2.05) is 12.1 Å². The van der Waals surface area contributed by atoms with Gasteiger partial charge in [-0.3, -0.25) is 9.69 Å². The van der Waals surface area contributed by atoms with Crippen LogP contribution in [0, 0.1) is 11.7 Å². The van der Waals surface area contributed by atoms with E-state index in [0.717, 1.165) is 31.5 Å². The molecule has 3 aromatic rings. The summed E-state index contributed by atoms with van der Waals surface area (Å²) in [5.41, 5.74) is 1.48. The van der Waals surface area contributed by atoms with Crippen molar-refractivity contribution in [3.63, 3.8) is 0 Å². The third kappa shape index (κ3) is 4.32. The third-order valence-corrected chi connectivity index (χ3v) is 5.83. The summed E-state index contributed by atoms with van der Waals surface area (Å²) in [6.45, 7) is 3.23. The third-order valence-electron chi connectivity index (χ3n) is 5.83. The summed E-state index contributed by atoms with van der Waals surface area (Å²) < 4.78 is 30.1. The van der Waals surface area contributed by atoms with E-state index in [2.05, 4.69) is 9.88 Å².